The predicted octanol–water partition coefficient (Wildman–Crippen LogP) is 1.34. The zero-order valence-corrected chi connectivity index (χ0v) is 9.58. The van der Waals surface area contributed by atoms with Crippen LogP contribution in [0.5, 0.6) is 0 Å². The van der Waals surface area contributed by atoms with Crippen LogP contribution in [0.3, 0.4) is 0 Å². The maximum atomic E-state index is 11.8. The van der Waals surface area contributed by atoms with Crippen LogP contribution < -0.4 is 11.1 Å². The van der Waals surface area contributed by atoms with Crippen molar-refractivity contribution in [2.75, 3.05) is 11.1 Å². The number of nitrogens with two attached hydrogens (primary N) is 1. The zero-order chi connectivity index (χ0) is 13.0. The third-order valence-electron chi connectivity index (χ3n) is 2.42. The predicted molar refractivity (Wildman–Crippen MR) is 68.7 cm³/mol. The van der Waals surface area contributed by atoms with Crippen LogP contribution >= 0.6 is 0 Å². The van der Waals surface area contributed by atoms with Crippen LogP contribution in [0, 0.1) is 0 Å². The van der Waals surface area contributed by atoms with Gasteiger partial charge in [0, 0.05) is 0 Å². The van der Waals surface area contributed by atoms with E-state index in [9.17, 15) is 9.90 Å². The smallest absolute Gasteiger partial charge is 0.257 e. The molecular formula is C13H13N3O2. The first kappa shape index (κ1) is 12.1. The van der Waals surface area contributed by atoms with Crippen molar-refractivity contribution in [1.29, 1.82) is 0 Å². The fourth-order valence-electron chi connectivity index (χ4n) is 1.48. The highest BCUT2D eigenvalue weighted by Crippen LogP contribution is 2.15. The molecule has 18 heavy (non-hydrogen) atoms. The molecule has 0 spiro atoms. The minimum Gasteiger partial charge on any atom is -0.384 e. The average molecular weight is 243 g/mol. The van der Waals surface area contributed by atoms with Gasteiger partial charge in [-0.3, -0.25) is 4.79 Å². The Morgan fingerprint density at radius 2 is 1.94 bits per heavy atom. The Hall–Kier alpha value is -2.40. The number of rotatable bonds is 3. The second kappa shape index (κ2) is 5.29. The van der Waals surface area contributed by atoms with E-state index < -0.39 is 12.0 Å². The highest BCUT2D eigenvalue weighted by molar-refractivity contribution is 5.94. The lowest BCUT2D eigenvalue weighted by Crippen LogP contribution is -2.20. The Labute approximate surface area is 104 Å². The van der Waals surface area contributed by atoms with Crippen LogP contribution in [0.1, 0.15) is 11.7 Å². The molecule has 2 aromatic rings. The van der Waals surface area contributed by atoms with Gasteiger partial charge in [0.1, 0.15) is 5.82 Å². The van der Waals surface area contributed by atoms with E-state index in [4.69, 9.17) is 5.73 Å². The lowest BCUT2D eigenvalue weighted by molar-refractivity contribution is -0.124. The van der Waals surface area contributed by atoms with Gasteiger partial charge >= 0.3 is 0 Å². The molecule has 0 aliphatic rings. The summed E-state index contributed by atoms with van der Waals surface area (Å²) >= 11 is 0. The van der Waals surface area contributed by atoms with Gasteiger partial charge in [-0.15, -0.1) is 0 Å². The molecule has 0 saturated heterocycles. The summed E-state index contributed by atoms with van der Waals surface area (Å²) in [6.07, 6.45) is 0.231. The molecule has 1 aromatic heterocycles. The van der Waals surface area contributed by atoms with E-state index in [0.29, 0.717) is 17.1 Å². The number of aromatic nitrogens is 1. The summed E-state index contributed by atoms with van der Waals surface area (Å²) in [6, 6.07) is 11.9. The fraction of sp³-hybridized carbons (Fsp3) is 0.0769. The second-order valence-electron chi connectivity index (χ2n) is 3.77. The SMILES string of the molecule is Nc1ccc(NC(=O)C(O)c2ccccc2)cn1. The van der Waals surface area contributed by atoms with E-state index in [1.54, 1.807) is 36.4 Å². The van der Waals surface area contributed by atoms with Crippen molar-refractivity contribution in [3.63, 3.8) is 0 Å². The maximum absolute atomic E-state index is 11.8. The van der Waals surface area contributed by atoms with Gasteiger partial charge in [-0.05, 0) is 17.7 Å². The number of pyridine rings is 1. The number of hydrogen-bond donors (Lipinski definition) is 3. The molecule has 0 bridgehead atoms. The number of amides is 1. The van der Waals surface area contributed by atoms with E-state index in [1.165, 1.54) is 6.20 Å². The molecule has 1 atom stereocenters. The highest BCUT2D eigenvalue weighted by Gasteiger charge is 2.16. The normalized spacial score (nSPS) is 11.8. The van der Waals surface area contributed by atoms with Gasteiger partial charge in [-0.2, -0.15) is 0 Å². The number of anilines is 2. The second-order valence-corrected chi connectivity index (χ2v) is 3.77. The molecule has 5 nitrogen and oxygen atoms in total. The van der Waals surface area contributed by atoms with E-state index in [0.717, 1.165) is 0 Å². The van der Waals surface area contributed by atoms with E-state index in [1.807, 2.05) is 6.07 Å². The largest absolute Gasteiger partial charge is 0.384 e. The van der Waals surface area contributed by atoms with Crippen molar-refractivity contribution >= 4 is 17.4 Å². The Morgan fingerprint density at radius 3 is 2.56 bits per heavy atom. The van der Waals surface area contributed by atoms with Gasteiger partial charge in [0.25, 0.3) is 5.91 Å². The number of benzene rings is 1. The molecule has 0 fully saturated rings. The number of carbonyl (C=O) groups is 1. The average Bonchev–Trinajstić information content (AvgIpc) is 2.41. The first-order valence-corrected chi connectivity index (χ1v) is 5.42. The van der Waals surface area contributed by atoms with Crippen molar-refractivity contribution in [2.45, 2.75) is 6.10 Å². The summed E-state index contributed by atoms with van der Waals surface area (Å²) in [4.78, 5) is 15.6. The molecule has 0 saturated carbocycles. The minimum absolute atomic E-state index is 0.372. The monoisotopic (exact) mass is 243 g/mol. The van der Waals surface area contributed by atoms with Crippen LogP contribution in [0.15, 0.2) is 48.7 Å². The van der Waals surface area contributed by atoms with Crippen molar-refractivity contribution in [2.24, 2.45) is 0 Å². The molecule has 4 N–H and O–H groups in total. The van der Waals surface area contributed by atoms with E-state index >= 15 is 0 Å². The highest BCUT2D eigenvalue weighted by atomic mass is 16.3. The number of aliphatic hydroxyl groups excluding tert-OH is 1. The Morgan fingerprint density at radius 1 is 1.22 bits per heavy atom. The van der Waals surface area contributed by atoms with Gasteiger partial charge < -0.3 is 16.2 Å². The number of hydrogen-bond acceptors (Lipinski definition) is 4. The molecule has 1 amide bonds. The summed E-state index contributed by atoms with van der Waals surface area (Å²) in [6.45, 7) is 0. The molecule has 1 unspecified atom stereocenters. The first-order valence-electron chi connectivity index (χ1n) is 5.42. The third kappa shape index (κ3) is 2.83. The molecule has 1 aromatic carbocycles. The van der Waals surface area contributed by atoms with Crippen LogP contribution in [-0.4, -0.2) is 16.0 Å². The van der Waals surface area contributed by atoms with Gasteiger partial charge in [-0.25, -0.2) is 4.98 Å². The third-order valence-corrected chi connectivity index (χ3v) is 2.42. The minimum atomic E-state index is -1.20. The van der Waals surface area contributed by atoms with Crippen molar-refractivity contribution in [3.8, 4) is 0 Å². The Bertz CT molecular complexity index is 526. The van der Waals surface area contributed by atoms with Crippen molar-refractivity contribution in [3.05, 3.63) is 54.2 Å². The molecule has 0 aliphatic heterocycles. The lowest BCUT2D eigenvalue weighted by atomic mass is 10.1. The van der Waals surface area contributed by atoms with Crippen LogP contribution in [0.25, 0.3) is 0 Å². The summed E-state index contributed by atoms with van der Waals surface area (Å²) in [5.74, 6) is -0.135. The fourth-order valence-corrected chi connectivity index (χ4v) is 1.48. The Kier molecular flexibility index (Phi) is 3.54. The number of nitrogens with one attached hydrogen (secondary N) is 1. The first-order chi connectivity index (χ1) is 8.66. The van der Waals surface area contributed by atoms with Gasteiger partial charge in [0.2, 0.25) is 0 Å². The van der Waals surface area contributed by atoms with Crippen LogP contribution in [-0.2, 0) is 4.79 Å². The number of aliphatic hydroxyl groups is 1. The standard InChI is InChI=1S/C13H13N3O2/c14-11-7-6-10(8-15-11)16-13(18)12(17)9-4-2-1-3-5-9/h1-8,12,17H,(H2,14,15)(H,16,18). The van der Waals surface area contributed by atoms with Gasteiger partial charge in [0.15, 0.2) is 6.10 Å². The maximum Gasteiger partial charge on any atom is 0.257 e. The molecule has 92 valence electrons. The number of nitrogen functional groups attached to an aromatic ring is 1. The van der Waals surface area contributed by atoms with E-state index in [2.05, 4.69) is 10.3 Å². The van der Waals surface area contributed by atoms with Crippen LogP contribution in [0.2, 0.25) is 0 Å². The van der Waals surface area contributed by atoms with Crippen LogP contribution in [0.4, 0.5) is 11.5 Å². The van der Waals surface area contributed by atoms with Crippen molar-refractivity contribution < 1.29 is 9.90 Å². The molecule has 1 heterocycles. The Balaban J connectivity index is 2.06. The van der Waals surface area contributed by atoms with Gasteiger partial charge in [-0.1, -0.05) is 30.3 Å². The molecule has 2 rings (SSSR count). The summed E-state index contributed by atoms with van der Waals surface area (Å²) in [7, 11) is 0. The molecule has 5 heteroatoms. The quantitative estimate of drug-likeness (QED) is 0.759. The number of nitrogens with zero attached hydrogens (tertiary/aromatic N) is 1. The zero-order valence-electron chi connectivity index (χ0n) is 9.58. The lowest BCUT2D eigenvalue weighted by Gasteiger charge is -2.11. The topological polar surface area (TPSA) is 88.2 Å². The van der Waals surface area contributed by atoms with Gasteiger partial charge in [0.05, 0.1) is 11.9 Å². The summed E-state index contributed by atoms with van der Waals surface area (Å²) in [5.41, 5.74) is 6.47. The summed E-state index contributed by atoms with van der Waals surface area (Å²) in [5, 5.41) is 12.4. The number of carbonyl (C=O) groups excluding carboxylic acids is 1. The summed E-state index contributed by atoms with van der Waals surface area (Å²) < 4.78 is 0. The molecule has 0 radical (unpaired) electrons. The molecular weight excluding hydrogens is 230 g/mol. The molecule has 0 aliphatic carbocycles. The van der Waals surface area contributed by atoms with Crippen molar-refractivity contribution in [1.82, 2.24) is 4.98 Å². The van der Waals surface area contributed by atoms with E-state index in [-0.39, 0.29) is 0 Å².